The molecule has 0 bridgehead atoms. The van der Waals surface area contributed by atoms with Gasteiger partial charge in [-0.3, -0.25) is 14.8 Å². The monoisotopic (exact) mass is 556 g/mol. The number of nitrogens with zero attached hydrogens (tertiary/aromatic N) is 1. The van der Waals surface area contributed by atoms with Crippen LogP contribution in [0.3, 0.4) is 0 Å². The maximum Gasteiger partial charge on any atom is 0.419 e. The van der Waals surface area contributed by atoms with E-state index in [4.69, 9.17) is 4.74 Å². The topological polar surface area (TPSA) is 123 Å². The van der Waals surface area contributed by atoms with E-state index in [1.54, 1.807) is 25.1 Å². The Morgan fingerprint density at radius 3 is 2.54 bits per heavy atom. The van der Waals surface area contributed by atoms with Crippen molar-refractivity contribution in [1.29, 1.82) is 0 Å². The first-order valence-electron chi connectivity index (χ1n) is 11.0. The second-order valence-electron chi connectivity index (χ2n) is 8.82. The fourth-order valence-corrected chi connectivity index (χ4v) is 6.22. The van der Waals surface area contributed by atoms with Crippen molar-refractivity contribution in [3.8, 4) is 5.75 Å². The molecule has 0 amide bonds. The molecule has 0 aliphatic carbocycles. The minimum absolute atomic E-state index is 0.00549. The maximum absolute atomic E-state index is 13.6. The molecule has 2 heterocycles. The van der Waals surface area contributed by atoms with Crippen LogP contribution < -0.4 is 20.1 Å². The highest BCUT2D eigenvalue weighted by molar-refractivity contribution is 7.94. The molecule has 1 aliphatic rings. The van der Waals surface area contributed by atoms with E-state index in [1.807, 2.05) is 13.0 Å². The Morgan fingerprint density at radius 2 is 1.92 bits per heavy atom. The van der Waals surface area contributed by atoms with Crippen LogP contribution in [0, 0.1) is 17.0 Å². The Bertz CT molecular complexity index is 1430. The van der Waals surface area contributed by atoms with Crippen LogP contribution in [0.5, 0.6) is 5.75 Å². The molecule has 1 fully saturated rings. The van der Waals surface area contributed by atoms with Gasteiger partial charge in [0.05, 0.1) is 16.2 Å². The van der Waals surface area contributed by atoms with E-state index < -0.39 is 43.7 Å². The van der Waals surface area contributed by atoms with Crippen LogP contribution in [-0.4, -0.2) is 32.0 Å². The van der Waals surface area contributed by atoms with Gasteiger partial charge in [-0.05, 0) is 50.2 Å². The van der Waals surface area contributed by atoms with Crippen LogP contribution in [-0.2, 0) is 16.2 Å². The molecule has 1 atom stereocenters. The van der Waals surface area contributed by atoms with Crippen LogP contribution >= 0.6 is 11.3 Å². The standard InChI is InChI=1S/C23H23F3N4O5S2/c1-14-4-3-5-15(10-14)28-21-18(30(31)32)12-20(36-21)37(33,34)29-16-6-7-17(23(24,25)26)19(11-16)35-22(2)8-9-27-13-22/h3-7,10-12,27-29H,8-9,13H2,1-2H3/t22-/m1/s1. The largest absolute Gasteiger partial charge is 0.485 e. The number of sulfonamides is 1. The maximum atomic E-state index is 13.6. The third-order valence-electron chi connectivity index (χ3n) is 5.65. The lowest BCUT2D eigenvalue weighted by atomic mass is 10.1. The van der Waals surface area contributed by atoms with Gasteiger partial charge in [-0.25, -0.2) is 8.42 Å². The van der Waals surface area contributed by atoms with Crippen LogP contribution in [0.4, 0.5) is 35.2 Å². The van der Waals surface area contributed by atoms with Crippen molar-refractivity contribution in [2.75, 3.05) is 23.1 Å². The van der Waals surface area contributed by atoms with Gasteiger partial charge in [0.1, 0.15) is 15.6 Å². The number of rotatable bonds is 8. The van der Waals surface area contributed by atoms with E-state index in [0.717, 1.165) is 29.8 Å². The molecular weight excluding hydrogens is 533 g/mol. The summed E-state index contributed by atoms with van der Waals surface area (Å²) in [5.74, 6) is -0.516. The Hall–Kier alpha value is -3.36. The quantitative estimate of drug-likeness (QED) is 0.242. The molecule has 1 saturated heterocycles. The summed E-state index contributed by atoms with van der Waals surface area (Å²) in [7, 11) is -4.38. The van der Waals surface area contributed by atoms with Gasteiger partial charge in [0, 0.05) is 30.8 Å². The lowest BCUT2D eigenvalue weighted by Crippen LogP contribution is -2.35. The number of halogens is 3. The molecule has 0 radical (unpaired) electrons. The third-order valence-corrected chi connectivity index (χ3v) is 8.55. The summed E-state index contributed by atoms with van der Waals surface area (Å²) < 4.78 is 74.5. The van der Waals surface area contributed by atoms with E-state index in [9.17, 15) is 31.7 Å². The highest BCUT2D eigenvalue weighted by Gasteiger charge is 2.38. The van der Waals surface area contributed by atoms with Crippen molar-refractivity contribution in [2.45, 2.75) is 36.3 Å². The fourth-order valence-electron chi connectivity index (χ4n) is 3.83. The summed E-state index contributed by atoms with van der Waals surface area (Å²) in [6.45, 7) is 4.40. The van der Waals surface area contributed by atoms with E-state index in [2.05, 4.69) is 15.4 Å². The zero-order valence-corrected chi connectivity index (χ0v) is 21.3. The lowest BCUT2D eigenvalue weighted by Gasteiger charge is -2.27. The number of thiophene rings is 1. The molecular formula is C23H23F3N4O5S2. The summed E-state index contributed by atoms with van der Waals surface area (Å²) in [5.41, 5.74) is -1.16. The van der Waals surface area contributed by atoms with Gasteiger partial charge in [0.25, 0.3) is 10.0 Å². The molecule has 9 nitrogen and oxygen atoms in total. The van der Waals surface area contributed by atoms with E-state index in [0.29, 0.717) is 36.5 Å². The summed E-state index contributed by atoms with van der Waals surface area (Å²) in [6, 6.07) is 10.6. The van der Waals surface area contributed by atoms with Crippen LogP contribution in [0.15, 0.2) is 52.7 Å². The molecule has 0 saturated carbocycles. The Morgan fingerprint density at radius 1 is 1.16 bits per heavy atom. The summed E-state index contributed by atoms with van der Waals surface area (Å²) in [5, 5.41) is 17.5. The van der Waals surface area contributed by atoms with E-state index >= 15 is 0 Å². The fraction of sp³-hybridized carbons (Fsp3) is 0.304. The van der Waals surface area contributed by atoms with Crippen molar-refractivity contribution in [3.63, 3.8) is 0 Å². The summed E-state index contributed by atoms with van der Waals surface area (Å²) in [4.78, 5) is 10.9. The average molecular weight is 557 g/mol. The molecule has 37 heavy (non-hydrogen) atoms. The molecule has 3 aromatic rings. The van der Waals surface area contributed by atoms with Crippen molar-refractivity contribution in [1.82, 2.24) is 5.32 Å². The SMILES string of the molecule is Cc1cccc(Nc2sc(S(=O)(=O)Nc3ccc(C(F)(F)F)c(O[C@]4(C)CCNC4)c3)cc2[N+](=O)[O-])c1. The molecule has 4 rings (SSSR count). The van der Waals surface area contributed by atoms with Crippen molar-refractivity contribution in [2.24, 2.45) is 0 Å². The van der Waals surface area contributed by atoms with Gasteiger partial charge in [0.15, 0.2) is 5.00 Å². The number of nitro groups is 1. The Labute approximate surface area is 214 Å². The highest BCUT2D eigenvalue weighted by Crippen LogP contribution is 2.42. The molecule has 1 aromatic heterocycles. The molecule has 1 aliphatic heterocycles. The summed E-state index contributed by atoms with van der Waals surface area (Å²) >= 11 is 0.629. The van der Waals surface area contributed by atoms with Crippen molar-refractivity contribution in [3.05, 3.63) is 69.8 Å². The minimum Gasteiger partial charge on any atom is -0.485 e. The number of anilines is 3. The van der Waals surface area contributed by atoms with Gasteiger partial charge in [-0.15, -0.1) is 0 Å². The molecule has 2 aromatic carbocycles. The zero-order chi connectivity index (χ0) is 27.0. The molecule has 0 spiro atoms. The van der Waals surface area contributed by atoms with Crippen molar-refractivity contribution < 1.29 is 31.2 Å². The lowest BCUT2D eigenvalue weighted by molar-refractivity contribution is -0.383. The molecule has 3 N–H and O–H groups in total. The first-order chi connectivity index (χ1) is 17.3. The van der Waals surface area contributed by atoms with Crippen LogP contribution in [0.25, 0.3) is 0 Å². The van der Waals surface area contributed by atoms with Crippen LogP contribution in [0.2, 0.25) is 0 Å². The molecule has 0 unspecified atom stereocenters. The number of hydrogen-bond donors (Lipinski definition) is 3. The number of benzene rings is 2. The second-order valence-corrected chi connectivity index (χ2v) is 11.8. The van der Waals surface area contributed by atoms with Gasteiger partial charge in [-0.2, -0.15) is 13.2 Å². The third kappa shape index (κ3) is 6.14. The normalized spacial score (nSPS) is 18.0. The molecule has 14 heteroatoms. The first-order valence-corrected chi connectivity index (χ1v) is 13.3. The van der Waals surface area contributed by atoms with Crippen molar-refractivity contribution >= 4 is 43.4 Å². The number of aryl methyl sites for hydroxylation is 1. The smallest absolute Gasteiger partial charge is 0.419 e. The Kier molecular flexibility index (Phi) is 7.10. The first kappa shape index (κ1) is 26.7. The minimum atomic E-state index is -4.72. The number of nitrogens with one attached hydrogen (secondary N) is 3. The van der Waals surface area contributed by atoms with Gasteiger partial charge in [0.2, 0.25) is 0 Å². The predicted octanol–water partition coefficient (Wildman–Crippen LogP) is 5.66. The van der Waals surface area contributed by atoms with Gasteiger partial charge >= 0.3 is 11.9 Å². The highest BCUT2D eigenvalue weighted by atomic mass is 32.2. The average Bonchev–Trinajstić information content (AvgIpc) is 3.40. The van der Waals surface area contributed by atoms with E-state index in [-0.39, 0.29) is 14.9 Å². The number of ether oxygens (including phenoxy) is 1. The molecule has 198 valence electrons. The van der Waals surface area contributed by atoms with Gasteiger partial charge in [-0.1, -0.05) is 23.5 Å². The summed E-state index contributed by atoms with van der Waals surface area (Å²) in [6.07, 6.45) is -4.25. The zero-order valence-electron chi connectivity index (χ0n) is 19.7. The number of alkyl halides is 3. The Balaban J connectivity index is 1.65. The number of hydrogen-bond acceptors (Lipinski definition) is 8. The second kappa shape index (κ2) is 9.84. The van der Waals surface area contributed by atoms with E-state index in [1.165, 1.54) is 0 Å². The predicted molar refractivity (Wildman–Crippen MR) is 134 cm³/mol. The van der Waals surface area contributed by atoms with Crippen LogP contribution in [0.1, 0.15) is 24.5 Å². The van der Waals surface area contributed by atoms with Gasteiger partial charge < -0.3 is 15.4 Å².